The molecule has 6 rings (SSSR count). The van der Waals surface area contributed by atoms with Crippen LogP contribution in [-0.4, -0.2) is 162 Å². The van der Waals surface area contributed by atoms with Crippen LogP contribution in [0, 0.1) is 17.7 Å². The van der Waals surface area contributed by atoms with E-state index in [0.29, 0.717) is 45.5 Å². The average molecular weight is 1400 g/mol. The molecule has 0 fully saturated rings. The molecule has 3 atom stereocenters. The van der Waals surface area contributed by atoms with Crippen molar-refractivity contribution in [3.63, 3.8) is 0 Å². The fourth-order valence-corrected chi connectivity index (χ4v) is 4.60. The van der Waals surface area contributed by atoms with E-state index in [-0.39, 0.29) is 90.5 Å². The Morgan fingerprint density at radius 1 is 0.568 bits per heavy atom. The molecule has 2 aromatic carbocycles. The van der Waals surface area contributed by atoms with Crippen molar-refractivity contribution in [3.8, 4) is 0 Å². The third-order valence-corrected chi connectivity index (χ3v) is 10.00. The molecule has 0 spiro atoms. The monoisotopic (exact) mass is 1400 g/mol. The van der Waals surface area contributed by atoms with Crippen LogP contribution in [0.5, 0.6) is 0 Å². The zero-order chi connectivity index (χ0) is 60.2. The fourth-order valence-electron chi connectivity index (χ4n) is 4.38. The Labute approximate surface area is 518 Å². The molecule has 4 heterocycles. The molecular formula is C51H59Br4F2MgN11O12. The van der Waals surface area contributed by atoms with Crippen LogP contribution < -0.4 is 44.6 Å². The molecule has 0 saturated heterocycles. The smallest absolute Gasteiger partial charge is 1.00 e. The molecule has 0 aliphatic rings. The number of nitrogens with zero attached hydrogens (tertiary/aromatic N) is 6. The van der Waals surface area contributed by atoms with Gasteiger partial charge in [-0.25, -0.2) is 49.1 Å². The second-order valence-electron chi connectivity index (χ2n) is 14.7. The number of aliphatic carboxylic acids is 1. The van der Waals surface area contributed by atoms with Gasteiger partial charge in [0, 0.05) is 62.9 Å². The first kappa shape index (κ1) is 78.7. The number of nitrogen functional groups attached to an aromatic ring is 2. The molecule has 4 amide bonds. The van der Waals surface area contributed by atoms with Crippen LogP contribution in [0.25, 0.3) is 0 Å². The molecule has 434 valence electrons. The number of alkyl halides is 3. The number of aromatic carboxylic acids is 1. The topological polar surface area (TPSA) is 334 Å². The largest absolute Gasteiger partial charge is 2.00 e. The first-order valence-electron chi connectivity index (χ1n) is 22.3. The minimum Gasteiger partial charge on any atom is -1.00 e. The van der Waals surface area contributed by atoms with Gasteiger partial charge in [-0.05, 0) is 93.6 Å². The van der Waals surface area contributed by atoms with Crippen LogP contribution in [-0.2, 0) is 28.9 Å². The van der Waals surface area contributed by atoms with Gasteiger partial charge in [0.1, 0.15) is 33.9 Å². The van der Waals surface area contributed by atoms with Crippen molar-refractivity contribution < 1.29 is 84.0 Å². The summed E-state index contributed by atoms with van der Waals surface area (Å²) in [6, 6.07) is 26.0. The number of carboxylic acids is 2. The number of hydrogen-bond donors (Lipinski definition) is 7. The van der Waals surface area contributed by atoms with E-state index in [9.17, 15) is 42.3 Å². The molecule has 30 heteroatoms. The van der Waals surface area contributed by atoms with Gasteiger partial charge in [-0.15, -0.1) is 12.1 Å². The van der Waals surface area contributed by atoms with Gasteiger partial charge in [0.15, 0.2) is 5.78 Å². The SMILES string of the molecule is CC(Br)C(=O)Nc1ccc(C(=O)c2ccc(F)cc2)cn1.CC(Br)C(=O)O.CNOC.CON(C)C(=O)c1ccc(N)nc1.CON(C)C(=O)c1ccc(NC(=O)C(C)Br)nc1.Fc1cc[c-]cc1.Nc1ccc(C(=O)O)cn1.[Br-].[Mg+2]. The van der Waals surface area contributed by atoms with Gasteiger partial charge in [0.2, 0.25) is 11.8 Å². The molecular weight excluding hydrogens is 1340 g/mol. The minimum absolute atomic E-state index is 0. The number of hydrogen-bond acceptors (Lipinski definition) is 17. The molecule has 81 heavy (non-hydrogen) atoms. The Morgan fingerprint density at radius 3 is 1.17 bits per heavy atom. The Hall–Kier alpha value is -6.48. The van der Waals surface area contributed by atoms with Crippen molar-refractivity contribution in [2.45, 2.75) is 35.3 Å². The van der Waals surface area contributed by atoms with Crippen LogP contribution >= 0.6 is 47.8 Å². The number of nitrogens with two attached hydrogens (primary N) is 2. The summed E-state index contributed by atoms with van der Waals surface area (Å²) in [6.07, 6.45) is 5.39. The average Bonchev–Trinajstić information content (AvgIpc) is 3.44. The minimum atomic E-state index is -0.993. The summed E-state index contributed by atoms with van der Waals surface area (Å²) in [4.78, 5) is 106. The predicted molar refractivity (Wildman–Crippen MR) is 308 cm³/mol. The van der Waals surface area contributed by atoms with E-state index in [1.165, 1.54) is 114 Å². The Bertz CT molecular complexity index is 2790. The molecule has 0 bridgehead atoms. The maximum atomic E-state index is 12.8. The number of nitrogens with one attached hydrogen (secondary N) is 3. The summed E-state index contributed by atoms with van der Waals surface area (Å²) < 4.78 is 24.7. The number of rotatable bonds is 13. The van der Waals surface area contributed by atoms with E-state index in [1.54, 1.807) is 71.3 Å². The zero-order valence-corrected chi connectivity index (χ0v) is 52.8. The van der Waals surface area contributed by atoms with E-state index in [2.05, 4.69) is 94.7 Å². The summed E-state index contributed by atoms with van der Waals surface area (Å²) in [5, 5.41) is 23.7. The van der Waals surface area contributed by atoms with Gasteiger partial charge in [-0.2, -0.15) is 18.2 Å². The van der Waals surface area contributed by atoms with E-state index in [1.807, 2.05) is 0 Å². The fraction of sp³-hybridized carbons (Fsp3) is 0.235. The number of aromatic nitrogens is 4. The molecule has 4 aromatic heterocycles. The van der Waals surface area contributed by atoms with Gasteiger partial charge in [0.25, 0.3) is 11.8 Å². The Balaban J connectivity index is -0.000000924. The number of carbonyl (C=O) groups is 7. The third kappa shape index (κ3) is 34.4. The molecule has 6 aromatic rings. The number of benzene rings is 2. The second kappa shape index (κ2) is 44.2. The molecule has 0 aliphatic carbocycles. The summed E-state index contributed by atoms with van der Waals surface area (Å²) in [5.41, 5.74) is 14.7. The number of amides is 4. The second-order valence-corrected chi connectivity index (χ2v) is 18.8. The zero-order valence-electron chi connectivity index (χ0n) is 45.1. The molecule has 3 unspecified atom stereocenters. The van der Waals surface area contributed by atoms with E-state index < -0.39 is 22.6 Å². The quantitative estimate of drug-likeness (QED) is 0.0281. The first-order valence-corrected chi connectivity index (χ1v) is 25.1. The molecule has 23 nitrogen and oxygen atoms in total. The van der Waals surface area contributed by atoms with Crippen LogP contribution in [0.3, 0.4) is 0 Å². The number of halogens is 6. The Kier molecular flexibility index (Phi) is 43.0. The predicted octanol–water partition coefficient (Wildman–Crippen LogP) is 4.14. The standard InChI is InChI=1S/C15H12BrFN2O2.C11H14BrN3O3.C8H11N3O2.C6H4F.C6H6N2O2.C3H5BrO2.C2H7NO.BrH.Mg/c1-9(16)15(21)19-13-7-4-11(8-18-13)14(20)10-2-5-12(17)6-3-10;1-7(12)10(16)14-9-5-4-8(6-13-9)11(17)15(2)18-3;1-11(13-2)8(12)6-3-4-7(9)10-5-6;7-6-4-2-1-3-5-6;7-5-2-1-4(3-8-5)6(9)10;1-2(4)3(5)6;1-3-4-2;;/h2-9H,1H3,(H,18,19,21);4-7H,1-3H3,(H,13,14,16);3-5H,1-2H3,(H2,9,10);2-5H;1-3H,(H2,7,8)(H,9,10);2H,1H3,(H,5,6);3H,1-2H3;1H;/q;;;-1;;;;;+2/p-1. The maximum absolute atomic E-state index is 12.8. The number of ketones is 1. The van der Waals surface area contributed by atoms with Crippen LogP contribution in [0.4, 0.5) is 32.1 Å². The molecule has 0 saturated carbocycles. The van der Waals surface area contributed by atoms with Crippen molar-refractivity contribution in [1.29, 1.82) is 0 Å². The molecule has 9 N–H and O–H groups in total. The number of anilines is 4. The first-order chi connectivity index (χ1) is 37.2. The van der Waals surface area contributed by atoms with E-state index in [4.69, 9.17) is 31.4 Å². The van der Waals surface area contributed by atoms with Gasteiger partial charge in [-0.1, -0.05) is 47.8 Å². The van der Waals surface area contributed by atoms with Gasteiger partial charge < -0.3 is 54.1 Å². The van der Waals surface area contributed by atoms with E-state index >= 15 is 0 Å². The number of carbonyl (C=O) groups excluding carboxylic acids is 5. The normalized spacial score (nSPS) is 10.5. The molecule has 0 radical (unpaired) electrons. The van der Waals surface area contributed by atoms with Crippen LogP contribution in [0.2, 0.25) is 0 Å². The number of pyridine rings is 4. The van der Waals surface area contributed by atoms with E-state index in [0.717, 1.165) is 10.1 Å². The number of carboxylic acid groups (broad SMARTS) is 2. The summed E-state index contributed by atoms with van der Waals surface area (Å²) in [7, 11) is 9.13. The summed E-state index contributed by atoms with van der Waals surface area (Å²) in [6.45, 7) is 4.96. The Morgan fingerprint density at radius 2 is 0.901 bits per heavy atom. The summed E-state index contributed by atoms with van der Waals surface area (Å²) in [5.74, 6) is -2.20. The van der Waals surface area contributed by atoms with Crippen LogP contribution in [0.15, 0.2) is 122 Å². The van der Waals surface area contributed by atoms with Crippen molar-refractivity contribution in [2.75, 3.05) is 64.6 Å². The van der Waals surface area contributed by atoms with Crippen molar-refractivity contribution >= 4 is 135 Å². The van der Waals surface area contributed by atoms with Crippen molar-refractivity contribution in [2.24, 2.45) is 0 Å². The van der Waals surface area contributed by atoms with Gasteiger partial charge in [0.05, 0.1) is 47.7 Å². The summed E-state index contributed by atoms with van der Waals surface area (Å²) >= 11 is 9.13. The van der Waals surface area contributed by atoms with Crippen LogP contribution in [0.1, 0.15) is 67.8 Å². The maximum Gasteiger partial charge on any atom is 2.00 e. The number of hydroxylamine groups is 5. The molecule has 0 aliphatic heterocycles. The van der Waals surface area contributed by atoms with Crippen molar-refractivity contribution in [3.05, 3.63) is 167 Å². The van der Waals surface area contributed by atoms with Gasteiger partial charge in [-0.3, -0.25) is 38.4 Å². The third-order valence-electron chi connectivity index (χ3n) is 8.78. The van der Waals surface area contributed by atoms with Crippen molar-refractivity contribution in [1.82, 2.24) is 35.5 Å². The van der Waals surface area contributed by atoms with Gasteiger partial charge >= 0.3 is 35.0 Å².